The van der Waals surface area contributed by atoms with Crippen molar-refractivity contribution in [2.75, 3.05) is 7.11 Å². The summed E-state index contributed by atoms with van der Waals surface area (Å²) in [6.45, 7) is 9.56. The highest BCUT2D eigenvalue weighted by atomic mass is 32.2. The lowest BCUT2D eigenvalue weighted by atomic mass is 10.0. The Labute approximate surface area is 250 Å². The van der Waals surface area contributed by atoms with Gasteiger partial charge in [0.05, 0.1) is 28.8 Å². The third kappa shape index (κ3) is 6.36. The minimum Gasteiger partial charge on any atom is -0.496 e. The molecule has 0 aliphatic rings. The van der Waals surface area contributed by atoms with Crippen LogP contribution in [0.25, 0.3) is 5.69 Å². The third-order valence-electron chi connectivity index (χ3n) is 8.15. The molecule has 0 atom stereocenters. The van der Waals surface area contributed by atoms with Gasteiger partial charge >= 0.3 is 6.18 Å². The molecule has 7 nitrogen and oxygen atoms in total. The average Bonchev–Trinajstić information content (AvgIpc) is 3.57. The zero-order chi connectivity index (χ0) is 32.0. The van der Waals surface area contributed by atoms with E-state index in [9.17, 15) is 31.2 Å². The van der Waals surface area contributed by atoms with Crippen LogP contribution in [0.1, 0.15) is 53.1 Å². The van der Waals surface area contributed by atoms with Crippen molar-refractivity contribution in [1.29, 1.82) is 0 Å². The largest absolute Gasteiger partial charge is 0.496 e. The van der Waals surface area contributed by atoms with E-state index in [4.69, 9.17) is 4.74 Å². The van der Waals surface area contributed by atoms with E-state index in [0.717, 1.165) is 40.5 Å². The third-order valence-corrected chi connectivity index (χ3v) is 13.4. The second-order valence-corrected chi connectivity index (χ2v) is 18.0. The van der Waals surface area contributed by atoms with Gasteiger partial charge in [0.25, 0.3) is 10.0 Å². The maximum absolute atomic E-state index is 14.2. The highest BCUT2D eigenvalue weighted by molar-refractivity contribution is 7.90. The molecular weight excluding hydrogens is 597 g/mol. The van der Waals surface area contributed by atoms with Crippen LogP contribution in [-0.4, -0.2) is 43.0 Å². The molecule has 43 heavy (non-hydrogen) atoms. The second kappa shape index (κ2) is 11.5. The zero-order valence-electron chi connectivity index (χ0n) is 24.9. The summed E-state index contributed by atoms with van der Waals surface area (Å²) >= 11 is 0. The van der Waals surface area contributed by atoms with Gasteiger partial charge in [-0.3, -0.25) is 4.79 Å². The Hall–Kier alpha value is -3.61. The molecule has 4 aromatic rings. The number of rotatable bonds is 10. The first-order chi connectivity index (χ1) is 19.9. The van der Waals surface area contributed by atoms with E-state index in [-0.39, 0.29) is 32.6 Å². The van der Waals surface area contributed by atoms with Crippen molar-refractivity contribution < 1.29 is 35.9 Å². The molecule has 0 bridgehead atoms. The predicted molar refractivity (Wildman–Crippen MR) is 161 cm³/mol. The number of carbonyl (C=O) groups is 1. The van der Waals surface area contributed by atoms with E-state index in [2.05, 4.69) is 0 Å². The summed E-state index contributed by atoms with van der Waals surface area (Å²) < 4.78 is 75.8. The molecule has 0 aliphatic carbocycles. The van der Waals surface area contributed by atoms with E-state index >= 15 is 0 Å². The van der Waals surface area contributed by atoms with Gasteiger partial charge in [-0.05, 0) is 86.4 Å². The Morgan fingerprint density at radius 3 is 2.23 bits per heavy atom. The molecule has 0 spiro atoms. The first-order valence-electron chi connectivity index (χ1n) is 13.6. The van der Waals surface area contributed by atoms with Crippen molar-refractivity contribution in [3.8, 4) is 11.4 Å². The Morgan fingerprint density at radius 2 is 1.65 bits per heavy atom. The summed E-state index contributed by atoms with van der Waals surface area (Å²) in [5, 5.41) is -0.338. The van der Waals surface area contributed by atoms with E-state index in [1.54, 1.807) is 29.0 Å². The lowest BCUT2D eigenvalue weighted by Gasteiger charge is -2.35. The average molecular weight is 633 g/mol. The van der Waals surface area contributed by atoms with Gasteiger partial charge in [-0.2, -0.15) is 13.2 Å². The molecule has 2 aromatic carbocycles. The lowest BCUT2D eigenvalue weighted by molar-refractivity contribution is -0.137. The quantitative estimate of drug-likeness (QED) is 0.150. The highest BCUT2D eigenvalue weighted by Crippen LogP contribution is 2.40. The summed E-state index contributed by atoms with van der Waals surface area (Å²) in [6.07, 6.45) is -0.557. The molecule has 0 amide bonds. The smallest absolute Gasteiger partial charge is 0.416 e. The highest BCUT2D eigenvalue weighted by Gasteiger charge is 2.38. The lowest BCUT2D eigenvalue weighted by Crippen LogP contribution is -2.39. The number of halogens is 3. The summed E-state index contributed by atoms with van der Waals surface area (Å²) in [7, 11) is -5.67. The van der Waals surface area contributed by atoms with Crippen LogP contribution in [-0.2, 0) is 22.6 Å². The number of nitrogens with zero attached hydrogens (tertiary/aromatic N) is 2. The molecule has 12 heteroatoms. The minimum atomic E-state index is -4.67. The van der Waals surface area contributed by atoms with Gasteiger partial charge in [-0.15, -0.1) is 0 Å². The molecule has 0 saturated heterocycles. The second-order valence-electron chi connectivity index (χ2n) is 11.7. The molecule has 2 aromatic heterocycles. The fraction of sp³-hybridized carbons (Fsp3) is 0.323. The maximum Gasteiger partial charge on any atom is 0.416 e. The van der Waals surface area contributed by atoms with Crippen LogP contribution < -0.4 is 4.74 Å². The molecule has 1 N–H and O–H groups in total. The Balaban J connectivity index is 1.91. The van der Waals surface area contributed by atoms with Crippen LogP contribution in [0.4, 0.5) is 13.2 Å². The molecule has 0 aliphatic heterocycles. The van der Waals surface area contributed by atoms with Crippen molar-refractivity contribution in [2.45, 2.75) is 62.8 Å². The fourth-order valence-corrected chi connectivity index (χ4v) is 6.71. The van der Waals surface area contributed by atoms with Crippen molar-refractivity contribution in [2.24, 2.45) is 0 Å². The first-order valence-corrected chi connectivity index (χ1v) is 18.0. The van der Waals surface area contributed by atoms with Gasteiger partial charge in [0, 0.05) is 18.1 Å². The molecule has 0 fully saturated rings. The van der Waals surface area contributed by atoms with Gasteiger partial charge in [-0.25, -0.2) is 12.4 Å². The maximum atomic E-state index is 14.2. The van der Waals surface area contributed by atoms with Crippen LogP contribution in [0.3, 0.4) is 0 Å². The van der Waals surface area contributed by atoms with Crippen LogP contribution in [0.2, 0.25) is 18.1 Å². The van der Waals surface area contributed by atoms with Gasteiger partial charge in [0.2, 0.25) is 5.78 Å². The van der Waals surface area contributed by atoms with E-state index in [1.807, 2.05) is 39.9 Å². The fourth-order valence-electron chi connectivity index (χ4n) is 4.62. The van der Waals surface area contributed by atoms with E-state index in [1.165, 1.54) is 24.4 Å². The number of ketones is 1. The van der Waals surface area contributed by atoms with Crippen molar-refractivity contribution in [3.05, 3.63) is 101 Å². The number of aryl methyl sites for hydroxylation is 2. The molecule has 2 heterocycles. The van der Waals surface area contributed by atoms with Gasteiger partial charge < -0.3 is 14.1 Å². The number of alkyl halides is 3. The van der Waals surface area contributed by atoms with Crippen molar-refractivity contribution in [1.82, 2.24) is 8.54 Å². The van der Waals surface area contributed by atoms with Crippen LogP contribution in [0, 0.1) is 6.92 Å². The topological polar surface area (TPSA) is 90.5 Å². The SMILES string of the molecule is COc1cc(C(F)(F)F)ccc1C(=O)c1c(-n2cccc2CCC(C)(C)[Si](C)(C)O)ccn1S(=O)(=O)c1ccc(C)cc1. The Kier molecular flexibility index (Phi) is 8.62. The number of methoxy groups -OCH3 is 1. The zero-order valence-corrected chi connectivity index (χ0v) is 26.7. The van der Waals surface area contributed by atoms with E-state index < -0.39 is 35.9 Å². The normalized spacial score (nSPS) is 12.9. The van der Waals surface area contributed by atoms with Gasteiger partial charge in [0.1, 0.15) is 11.4 Å². The summed E-state index contributed by atoms with van der Waals surface area (Å²) in [4.78, 5) is 24.9. The molecule has 0 radical (unpaired) electrons. The monoisotopic (exact) mass is 632 g/mol. The number of ether oxygens (including phenoxy) is 1. The summed E-state index contributed by atoms with van der Waals surface area (Å²) in [5.41, 5.74) is 0.360. The minimum absolute atomic E-state index is 0.0571. The molecule has 0 saturated carbocycles. The molecule has 4 rings (SSSR count). The summed E-state index contributed by atoms with van der Waals surface area (Å²) in [6, 6.07) is 13.7. The van der Waals surface area contributed by atoms with Crippen molar-refractivity contribution >= 4 is 24.1 Å². The first kappa shape index (κ1) is 32.3. The van der Waals surface area contributed by atoms with Gasteiger partial charge in [-0.1, -0.05) is 31.5 Å². The predicted octanol–water partition coefficient (Wildman–Crippen LogP) is 6.99. The molecular formula is C31H35F3N2O5SSi. The molecule has 0 unspecified atom stereocenters. The molecule has 230 valence electrons. The number of hydrogen-bond donors (Lipinski definition) is 1. The Morgan fingerprint density at radius 1 is 1.00 bits per heavy atom. The van der Waals surface area contributed by atoms with Crippen LogP contribution in [0.15, 0.2) is 78.0 Å². The Bertz CT molecular complexity index is 1750. The summed E-state index contributed by atoms with van der Waals surface area (Å²) in [5.74, 6) is -1.17. The standard InChI is InChI=1S/C31H35F3N2O5SSi/c1-21-9-12-24(13-10-21)42(38,39)36-19-16-26(35-18-7-8-23(35)15-17-30(2,3)43(5,6)40)28(36)29(37)25-14-11-22(31(32,33)34)20-27(25)41-4/h7-14,16,18-20,40H,15,17H2,1-6H3. The number of hydrogen-bond acceptors (Lipinski definition) is 5. The number of benzene rings is 2. The van der Waals surface area contributed by atoms with E-state index in [0.29, 0.717) is 12.8 Å². The van der Waals surface area contributed by atoms with Crippen LogP contribution >= 0.6 is 0 Å². The number of aromatic nitrogens is 2. The van der Waals surface area contributed by atoms with Gasteiger partial charge in [0.15, 0.2) is 8.32 Å². The van der Waals surface area contributed by atoms with Crippen LogP contribution in [0.5, 0.6) is 5.75 Å². The van der Waals surface area contributed by atoms with Crippen molar-refractivity contribution in [3.63, 3.8) is 0 Å². The number of carbonyl (C=O) groups excluding carboxylic acids is 1.